The Bertz CT molecular complexity index is 581. The average molecular weight is 388 g/mol. The molecule has 0 aromatic heterocycles. The minimum atomic E-state index is -3.06. The van der Waals surface area contributed by atoms with Gasteiger partial charge in [-0.2, -0.15) is 0 Å². The fourth-order valence-corrected chi connectivity index (χ4v) is 5.69. The van der Waals surface area contributed by atoms with Crippen molar-refractivity contribution < 1.29 is 22.7 Å². The van der Waals surface area contributed by atoms with E-state index in [-0.39, 0.29) is 41.9 Å². The molecular weight excluding hydrogens is 354 g/mol. The highest BCUT2D eigenvalue weighted by atomic mass is 32.2. The Hall–Kier alpha value is -1.11. The van der Waals surface area contributed by atoms with Crippen LogP contribution in [-0.4, -0.2) is 55.9 Å². The van der Waals surface area contributed by atoms with E-state index in [0.717, 1.165) is 6.42 Å². The Balaban J connectivity index is 1.79. The first-order chi connectivity index (χ1) is 12.3. The average Bonchev–Trinajstić information content (AvgIpc) is 2.96. The topological polar surface area (TPSA) is 80.8 Å². The molecule has 26 heavy (non-hydrogen) atoms. The highest BCUT2D eigenvalue weighted by molar-refractivity contribution is 7.91. The molecule has 1 amide bonds. The van der Waals surface area contributed by atoms with E-state index in [1.54, 1.807) is 4.90 Å². The molecule has 0 aromatic rings. The van der Waals surface area contributed by atoms with Gasteiger partial charge >= 0.3 is 5.97 Å². The molecule has 1 aliphatic heterocycles. The first-order valence-corrected chi connectivity index (χ1v) is 11.7. The van der Waals surface area contributed by atoms with Crippen molar-refractivity contribution in [3.63, 3.8) is 0 Å². The molecule has 2 rings (SSSR count). The maximum absolute atomic E-state index is 12.5. The molecule has 0 spiro atoms. The van der Waals surface area contributed by atoms with Gasteiger partial charge in [-0.1, -0.05) is 46.0 Å². The zero-order valence-electron chi connectivity index (χ0n) is 16.1. The number of nitrogens with zero attached hydrogens (tertiary/aromatic N) is 1. The lowest BCUT2D eigenvalue weighted by atomic mass is 9.86. The summed E-state index contributed by atoms with van der Waals surface area (Å²) >= 11 is 0. The van der Waals surface area contributed by atoms with Gasteiger partial charge in [0.25, 0.3) is 5.91 Å². The molecule has 1 heterocycles. The lowest BCUT2D eigenvalue weighted by molar-refractivity contribution is -0.153. The van der Waals surface area contributed by atoms with E-state index < -0.39 is 9.84 Å². The van der Waals surface area contributed by atoms with E-state index in [0.29, 0.717) is 25.3 Å². The van der Waals surface area contributed by atoms with Crippen LogP contribution in [0.3, 0.4) is 0 Å². The van der Waals surface area contributed by atoms with Crippen LogP contribution in [0.5, 0.6) is 0 Å². The summed E-state index contributed by atoms with van der Waals surface area (Å²) in [7, 11) is -3.06. The van der Waals surface area contributed by atoms with E-state index in [1.807, 2.05) is 13.8 Å². The first-order valence-electron chi connectivity index (χ1n) is 9.92. The highest BCUT2D eigenvalue weighted by Crippen LogP contribution is 2.27. The summed E-state index contributed by atoms with van der Waals surface area (Å²) in [6, 6.07) is -0.296. The van der Waals surface area contributed by atoms with Gasteiger partial charge in [0.15, 0.2) is 16.4 Å². The van der Waals surface area contributed by atoms with Crippen LogP contribution in [0.15, 0.2) is 0 Å². The number of rotatable bonds is 8. The van der Waals surface area contributed by atoms with E-state index in [2.05, 4.69) is 0 Å². The zero-order chi connectivity index (χ0) is 19.2. The molecule has 1 unspecified atom stereocenters. The third kappa shape index (κ3) is 6.89. The fraction of sp³-hybridized carbons (Fsp3) is 0.895. The van der Waals surface area contributed by atoms with Gasteiger partial charge < -0.3 is 9.64 Å². The predicted molar refractivity (Wildman–Crippen MR) is 100 cm³/mol. The Kier molecular flexibility index (Phi) is 7.92. The van der Waals surface area contributed by atoms with Crippen LogP contribution in [0, 0.1) is 11.8 Å². The van der Waals surface area contributed by atoms with Crippen molar-refractivity contribution in [3.05, 3.63) is 0 Å². The number of hydrogen-bond donors (Lipinski definition) is 0. The zero-order valence-corrected chi connectivity index (χ0v) is 16.9. The minimum Gasteiger partial charge on any atom is -0.456 e. The quantitative estimate of drug-likeness (QED) is 0.598. The standard InChI is InChI=1S/C19H33NO5S/c1-15(2)12-20(17-10-11-26(23,24)14-17)18(21)13-25-19(22)9-8-16-6-4-3-5-7-16/h15-17H,3-14H2,1-2H3. The maximum atomic E-state index is 12.5. The van der Waals surface area contributed by atoms with Gasteiger partial charge in [-0.25, -0.2) is 8.42 Å². The molecule has 0 radical (unpaired) electrons. The molecule has 1 atom stereocenters. The molecule has 0 bridgehead atoms. The Morgan fingerprint density at radius 3 is 2.38 bits per heavy atom. The number of carbonyl (C=O) groups is 2. The van der Waals surface area contributed by atoms with Crippen molar-refractivity contribution >= 4 is 21.7 Å². The minimum absolute atomic E-state index is 0.0150. The van der Waals surface area contributed by atoms with Crippen LogP contribution in [0.1, 0.15) is 65.2 Å². The maximum Gasteiger partial charge on any atom is 0.306 e. The smallest absolute Gasteiger partial charge is 0.306 e. The van der Waals surface area contributed by atoms with Gasteiger partial charge in [0.1, 0.15) is 0 Å². The second-order valence-corrected chi connectivity index (χ2v) is 10.4. The van der Waals surface area contributed by atoms with Crippen molar-refractivity contribution in [1.29, 1.82) is 0 Å². The molecule has 2 aliphatic rings. The van der Waals surface area contributed by atoms with E-state index in [4.69, 9.17) is 4.74 Å². The highest BCUT2D eigenvalue weighted by Gasteiger charge is 2.35. The Morgan fingerprint density at radius 2 is 1.81 bits per heavy atom. The summed E-state index contributed by atoms with van der Waals surface area (Å²) in [5.41, 5.74) is 0. The Morgan fingerprint density at radius 1 is 1.12 bits per heavy atom. The summed E-state index contributed by atoms with van der Waals surface area (Å²) in [5.74, 6) is 0.360. The molecule has 6 nitrogen and oxygen atoms in total. The molecule has 2 fully saturated rings. The third-order valence-corrected chi connectivity index (χ3v) is 7.12. The molecule has 1 saturated heterocycles. The molecule has 0 aromatic carbocycles. The van der Waals surface area contributed by atoms with Crippen LogP contribution >= 0.6 is 0 Å². The Labute approximate surface area is 157 Å². The van der Waals surface area contributed by atoms with Crippen LogP contribution in [-0.2, 0) is 24.2 Å². The number of ether oxygens (including phenoxy) is 1. The summed E-state index contributed by atoms with van der Waals surface area (Å²) < 4.78 is 28.7. The number of esters is 1. The number of sulfone groups is 1. The van der Waals surface area contributed by atoms with Gasteiger partial charge in [-0.15, -0.1) is 0 Å². The van der Waals surface area contributed by atoms with Crippen molar-refractivity contribution in [1.82, 2.24) is 4.90 Å². The van der Waals surface area contributed by atoms with Crippen LogP contribution in [0.2, 0.25) is 0 Å². The number of carbonyl (C=O) groups excluding carboxylic acids is 2. The van der Waals surface area contributed by atoms with Gasteiger partial charge in [0.2, 0.25) is 0 Å². The fourth-order valence-electron chi connectivity index (χ4n) is 3.96. The second kappa shape index (κ2) is 9.72. The summed E-state index contributed by atoms with van der Waals surface area (Å²) in [6.45, 7) is 4.17. The number of amides is 1. The lowest BCUT2D eigenvalue weighted by Crippen LogP contribution is -2.45. The summed E-state index contributed by atoms with van der Waals surface area (Å²) in [4.78, 5) is 26.1. The van der Waals surface area contributed by atoms with Gasteiger partial charge in [0, 0.05) is 19.0 Å². The van der Waals surface area contributed by atoms with Crippen molar-refractivity contribution in [2.75, 3.05) is 24.7 Å². The summed E-state index contributed by atoms with van der Waals surface area (Å²) in [6.07, 6.45) is 7.81. The van der Waals surface area contributed by atoms with Crippen molar-refractivity contribution in [3.8, 4) is 0 Å². The lowest BCUT2D eigenvalue weighted by Gasteiger charge is -2.29. The largest absolute Gasteiger partial charge is 0.456 e. The van der Waals surface area contributed by atoms with E-state index in [1.165, 1.54) is 32.1 Å². The van der Waals surface area contributed by atoms with Crippen molar-refractivity contribution in [2.24, 2.45) is 11.8 Å². The molecule has 7 heteroatoms. The molecule has 150 valence electrons. The normalized spacial score (nSPS) is 23.1. The summed E-state index contributed by atoms with van der Waals surface area (Å²) in [5, 5.41) is 0. The molecule has 1 saturated carbocycles. The molecule has 0 N–H and O–H groups in total. The predicted octanol–water partition coefficient (Wildman–Crippen LogP) is 2.56. The van der Waals surface area contributed by atoms with Gasteiger partial charge in [0.05, 0.1) is 11.5 Å². The van der Waals surface area contributed by atoms with Gasteiger partial charge in [-0.3, -0.25) is 9.59 Å². The van der Waals surface area contributed by atoms with Gasteiger partial charge in [-0.05, 0) is 24.7 Å². The van der Waals surface area contributed by atoms with E-state index in [9.17, 15) is 18.0 Å². The molecule has 1 aliphatic carbocycles. The third-order valence-electron chi connectivity index (χ3n) is 5.37. The first kappa shape index (κ1) is 21.2. The van der Waals surface area contributed by atoms with E-state index >= 15 is 0 Å². The number of hydrogen-bond acceptors (Lipinski definition) is 5. The molecular formula is C19H33NO5S. The SMILES string of the molecule is CC(C)CN(C(=O)COC(=O)CCC1CCCCC1)C1CCS(=O)(=O)C1. The second-order valence-electron chi connectivity index (χ2n) is 8.20. The van der Waals surface area contributed by atoms with Crippen LogP contribution in [0.25, 0.3) is 0 Å². The van der Waals surface area contributed by atoms with Crippen LogP contribution in [0.4, 0.5) is 0 Å². The van der Waals surface area contributed by atoms with Crippen molar-refractivity contribution in [2.45, 2.75) is 71.3 Å². The monoisotopic (exact) mass is 387 g/mol. The van der Waals surface area contributed by atoms with Crippen LogP contribution < -0.4 is 0 Å².